The van der Waals surface area contributed by atoms with Crippen molar-refractivity contribution in [3.05, 3.63) is 59.7 Å². The van der Waals surface area contributed by atoms with Gasteiger partial charge in [-0.3, -0.25) is 0 Å². The van der Waals surface area contributed by atoms with Crippen LogP contribution in [0.1, 0.15) is 30.4 Å². The molecular formula is C19H24N2O4S2. The molecule has 0 radical (unpaired) electrons. The van der Waals surface area contributed by atoms with E-state index in [0.29, 0.717) is 12.8 Å². The molecule has 2 aromatic carbocycles. The summed E-state index contributed by atoms with van der Waals surface area (Å²) in [6.45, 7) is 3.77. The van der Waals surface area contributed by atoms with Crippen LogP contribution in [0.3, 0.4) is 0 Å². The Bertz CT molecular complexity index is 915. The standard InChI is InChI=1S/C19H24N2O4S2/c1-14-6-10-16(11-7-14)26(22,23)20-18-4-3-5-19(18)21-27(24,25)17-12-8-15(2)9-13-17/h6-13,18-21H,3-5H2,1-2H3/t18-,19+. The van der Waals surface area contributed by atoms with Gasteiger partial charge in [0, 0.05) is 12.1 Å². The minimum Gasteiger partial charge on any atom is -0.207 e. The van der Waals surface area contributed by atoms with Crippen LogP contribution < -0.4 is 9.44 Å². The Morgan fingerprint density at radius 3 is 1.33 bits per heavy atom. The Morgan fingerprint density at radius 2 is 1.00 bits per heavy atom. The van der Waals surface area contributed by atoms with Crippen LogP contribution in [0.15, 0.2) is 58.3 Å². The van der Waals surface area contributed by atoms with Crippen LogP contribution in [0.4, 0.5) is 0 Å². The van der Waals surface area contributed by atoms with Crippen LogP contribution in [-0.2, 0) is 20.0 Å². The molecule has 3 rings (SSSR count). The van der Waals surface area contributed by atoms with Crippen molar-refractivity contribution in [1.29, 1.82) is 0 Å². The van der Waals surface area contributed by atoms with E-state index in [4.69, 9.17) is 0 Å². The summed E-state index contributed by atoms with van der Waals surface area (Å²) in [4.78, 5) is 0.361. The maximum Gasteiger partial charge on any atom is 0.240 e. The van der Waals surface area contributed by atoms with Gasteiger partial charge in [-0.2, -0.15) is 0 Å². The van der Waals surface area contributed by atoms with Crippen molar-refractivity contribution in [2.24, 2.45) is 0 Å². The number of rotatable bonds is 6. The van der Waals surface area contributed by atoms with Gasteiger partial charge in [0.1, 0.15) is 0 Å². The molecule has 27 heavy (non-hydrogen) atoms. The molecule has 1 fully saturated rings. The quantitative estimate of drug-likeness (QED) is 0.768. The van der Waals surface area contributed by atoms with E-state index in [9.17, 15) is 16.8 Å². The smallest absolute Gasteiger partial charge is 0.207 e. The third-order valence-corrected chi connectivity index (χ3v) is 7.80. The fourth-order valence-electron chi connectivity index (χ4n) is 3.21. The van der Waals surface area contributed by atoms with Gasteiger partial charge in [0.2, 0.25) is 20.0 Å². The highest BCUT2D eigenvalue weighted by molar-refractivity contribution is 7.90. The molecular weight excluding hydrogens is 384 g/mol. The van der Waals surface area contributed by atoms with Gasteiger partial charge in [0.05, 0.1) is 9.79 Å². The summed E-state index contributed by atoms with van der Waals surface area (Å²) < 4.78 is 55.9. The lowest BCUT2D eigenvalue weighted by atomic mass is 10.2. The Labute approximate surface area is 161 Å². The molecule has 0 aliphatic heterocycles. The van der Waals surface area contributed by atoms with E-state index in [1.165, 1.54) is 0 Å². The molecule has 1 saturated carbocycles. The second-order valence-corrected chi connectivity index (χ2v) is 10.4. The van der Waals surface area contributed by atoms with E-state index in [-0.39, 0.29) is 9.79 Å². The highest BCUT2D eigenvalue weighted by Gasteiger charge is 2.34. The average molecular weight is 409 g/mol. The lowest BCUT2D eigenvalue weighted by Gasteiger charge is -2.22. The molecule has 6 nitrogen and oxygen atoms in total. The predicted molar refractivity (Wildman–Crippen MR) is 104 cm³/mol. The summed E-state index contributed by atoms with van der Waals surface area (Å²) in [7, 11) is -7.41. The summed E-state index contributed by atoms with van der Waals surface area (Å²) in [6, 6.07) is 12.2. The molecule has 0 spiro atoms. The van der Waals surface area contributed by atoms with Crippen molar-refractivity contribution in [1.82, 2.24) is 9.44 Å². The number of hydrogen-bond donors (Lipinski definition) is 2. The Balaban J connectivity index is 1.75. The van der Waals surface area contributed by atoms with Crippen molar-refractivity contribution in [3.63, 3.8) is 0 Å². The Hall–Kier alpha value is -1.74. The maximum atomic E-state index is 12.6. The van der Waals surface area contributed by atoms with Crippen molar-refractivity contribution in [3.8, 4) is 0 Å². The van der Waals surface area contributed by atoms with Gasteiger partial charge in [0.25, 0.3) is 0 Å². The van der Waals surface area contributed by atoms with Gasteiger partial charge in [-0.25, -0.2) is 26.3 Å². The number of nitrogens with one attached hydrogen (secondary N) is 2. The second kappa shape index (κ2) is 7.71. The summed E-state index contributed by atoms with van der Waals surface area (Å²) in [5.74, 6) is 0. The molecule has 0 amide bonds. The molecule has 2 N–H and O–H groups in total. The predicted octanol–water partition coefficient (Wildman–Crippen LogP) is 2.48. The van der Waals surface area contributed by atoms with Gasteiger partial charge in [0.15, 0.2) is 0 Å². The zero-order valence-corrected chi connectivity index (χ0v) is 17.0. The lowest BCUT2D eigenvalue weighted by Crippen LogP contribution is -2.48. The maximum absolute atomic E-state index is 12.6. The van der Waals surface area contributed by atoms with Crippen molar-refractivity contribution >= 4 is 20.0 Å². The molecule has 0 unspecified atom stereocenters. The van der Waals surface area contributed by atoms with Crippen LogP contribution >= 0.6 is 0 Å². The van der Waals surface area contributed by atoms with Crippen molar-refractivity contribution in [2.45, 2.75) is 55.0 Å². The van der Waals surface area contributed by atoms with E-state index in [1.807, 2.05) is 13.8 Å². The van der Waals surface area contributed by atoms with Crippen LogP contribution in [0.5, 0.6) is 0 Å². The average Bonchev–Trinajstić information content (AvgIpc) is 3.01. The molecule has 2 aromatic rings. The first-order valence-corrected chi connectivity index (χ1v) is 11.8. The van der Waals surface area contributed by atoms with Crippen molar-refractivity contribution < 1.29 is 16.8 Å². The molecule has 8 heteroatoms. The van der Waals surface area contributed by atoms with E-state index in [0.717, 1.165) is 17.5 Å². The molecule has 0 saturated heterocycles. The third kappa shape index (κ3) is 4.76. The van der Waals surface area contributed by atoms with E-state index in [1.54, 1.807) is 48.5 Å². The summed E-state index contributed by atoms with van der Waals surface area (Å²) in [5, 5.41) is 0. The lowest BCUT2D eigenvalue weighted by molar-refractivity contribution is 0.487. The summed E-state index contributed by atoms with van der Waals surface area (Å²) in [5.41, 5.74) is 1.94. The normalized spacial score (nSPS) is 20.7. The monoisotopic (exact) mass is 408 g/mol. The molecule has 1 aliphatic carbocycles. The summed E-state index contributed by atoms with van der Waals surface area (Å²) in [6.07, 6.45) is 1.93. The van der Waals surface area contributed by atoms with Crippen LogP contribution in [0.25, 0.3) is 0 Å². The largest absolute Gasteiger partial charge is 0.240 e. The number of aryl methyl sites for hydroxylation is 2. The molecule has 146 valence electrons. The Kier molecular flexibility index (Phi) is 5.71. The van der Waals surface area contributed by atoms with E-state index in [2.05, 4.69) is 9.44 Å². The topological polar surface area (TPSA) is 92.3 Å². The molecule has 0 aromatic heterocycles. The molecule has 2 atom stereocenters. The highest BCUT2D eigenvalue weighted by atomic mass is 32.2. The number of hydrogen-bond acceptors (Lipinski definition) is 4. The van der Waals surface area contributed by atoms with Crippen LogP contribution in [0, 0.1) is 13.8 Å². The fraction of sp³-hybridized carbons (Fsp3) is 0.368. The molecule has 0 heterocycles. The first-order chi connectivity index (χ1) is 12.7. The van der Waals surface area contributed by atoms with Crippen molar-refractivity contribution in [2.75, 3.05) is 0 Å². The number of sulfonamides is 2. The van der Waals surface area contributed by atoms with E-state index >= 15 is 0 Å². The van der Waals surface area contributed by atoms with Gasteiger partial charge >= 0.3 is 0 Å². The minimum absolute atomic E-state index is 0.181. The molecule has 1 aliphatic rings. The second-order valence-electron chi connectivity index (χ2n) is 7.01. The zero-order valence-electron chi connectivity index (χ0n) is 15.3. The number of benzene rings is 2. The summed E-state index contributed by atoms with van der Waals surface area (Å²) >= 11 is 0. The van der Waals surface area contributed by atoms with Gasteiger partial charge in [-0.15, -0.1) is 0 Å². The van der Waals surface area contributed by atoms with Gasteiger partial charge in [-0.05, 0) is 51.0 Å². The zero-order chi connectivity index (χ0) is 19.7. The van der Waals surface area contributed by atoms with Crippen LogP contribution in [-0.4, -0.2) is 28.9 Å². The first kappa shape index (κ1) is 20.0. The van der Waals surface area contributed by atoms with Crippen LogP contribution in [0.2, 0.25) is 0 Å². The minimum atomic E-state index is -3.70. The molecule has 0 bridgehead atoms. The highest BCUT2D eigenvalue weighted by Crippen LogP contribution is 2.23. The third-order valence-electron chi connectivity index (χ3n) is 4.79. The van der Waals surface area contributed by atoms with E-state index < -0.39 is 32.1 Å². The fourth-order valence-corrected chi connectivity index (χ4v) is 5.83. The van der Waals surface area contributed by atoms with Gasteiger partial charge < -0.3 is 0 Å². The van der Waals surface area contributed by atoms with Gasteiger partial charge in [-0.1, -0.05) is 41.8 Å². The first-order valence-electron chi connectivity index (χ1n) is 8.85. The SMILES string of the molecule is Cc1ccc(S(=O)(=O)N[C@H]2CCC[C@H]2NS(=O)(=O)c2ccc(C)cc2)cc1. The Morgan fingerprint density at radius 1 is 0.667 bits per heavy atom.